The van der Waals surface area contributed by atoms with Crippen LogP contribution in [-0.2, 0) is 4.57 Å². The number of benzene rings is 1. The molecule has 5 nitrogen and oxygen atoms in total. The Bertz CT molecular complexity index is 361. The number of anilines is 1. The quantitative estimate of drug-likeness (QED) is 0.464. The van der Waals surface area contributed by atoms with Gasteiger partial charge in [0.25, 0.3) is 7.52 Å². The van der Waals surface area contributed by atoms with Gasteiger partial charge in [0, 0.05) is 5.69 Å². The molecule has 13 heavy (non-hydrogen) atoms. The molecule has 0 radical (unpaired) electrons. The van der Waals surface area contributed by atoms with Gasteiger partial charge in [-0.1, -0.05) is 6.07 Å². The Labute approximate surface area is 75.8 Å². The van der Waals surface area contributed by atoms with E-state index < -0.39 is 7.52 Å². The van der Waals surface area contributed by atoms with E-state index in [9.17, 15) is 4.57 Å². The minimum absolute atomic E-state index is 0.0301. The van der Waals surface area contributed by atoms with Gasteiger partial charge in [0.05, 0.1) is 7.11 Å². The summed E-state index contributed by atoms with van der Waals surface area (Å²) in [6.07, 6.45) is 0. The predicted molar refractivity (Wildman–Crippen MR) is 51.1 cm³/mol. The number of nitrogen functional groups attached to an aromatic ring is 1. The van der Waals surface area contributed by atoms with Crippen molar-refractivity contribution in [2.75, 3.05) is 12.8 Å². The second-order valence-electron chi connectivity index (χ2n) is 2.52. The molecular formula is C7H11N2O3P. The highest BCUT2D eigenvalue weighted by Gasteiger charge is 2.23. The van der Waals surface area contributed by atoms with Crippen molar-refractivity contribution in [2.45, 2.75) is 0 Å². The van der Waals surface area contributed by atoms with Crippen LogP contribution in [0.3, 0.4) is 0 Å². The lowest BCUT2D eigenvalue weighted by molar-refractivity contribution is 0.416. The molecule has 0 heterocycles. The van der Waals surface area contributed by atoms with Gasteiger partial charge < -0.3 is 15.4 Å². The maximum atomic E-state index is 11.2. The highest BCUT2D eigenvalue weighted by Crippen LogP contribution is 2.36. The molecular weight excluding hydrogens is 191 g/mol. The molecule has 1 aromatic carbocycles. The Morgan fingerprint density at radius 3 is 2.54 bits per heavy atom. The fourth-order valence-electron chi connectivity index (χ4n) is 1.05. The normalized spacial score (nSPS) is 15.0. The van der Waals surface area contributed by atoms with Crippen molar-refractivity contribution in [3.63, 3.8) is 0 Å². The average molecular weight is 202 g/mol. The predicted octanol–water partition coefficient (Wildman–Crippen LogP) is 0.0468. The van der Waals surface area contributed by atoms with Gasteiger partial charge >= 0.3 is 0 Å². The van der Waals surface area contributed by atoms with Crippen molar-refractivity contribution in [1.82, 2.24) is 0 Å². The first kappa shape index (κ1) is 10.1. The number of rotatable bonds is 2. The van der Waals surface area contributed by atoms with Crippen LogP contribution in [0.4, 0.5) is 5.69 Å². The van der Waals surface area contributed by atoms with Crippen LogP contribution >= 0.6 is 7.52 Å². The van der Waals surface area contributed by atoms with Crippen LogP contribution in [0.5, 0.6) is 5.75 Å². The molecule has 0 aliphatic rings. The Kier molecular flexibility index (Phi) is 2.61. The van der Waals surface area contributed by atoms with E-state index in [1.165, 1.54) is 19.2 Å². The van der Waals surface area contributed by atoms with Crippen LogP contribution in [0.2, 0.25) is 0 Å². The van der Waals surface area contributed by atoms with Gasteiger partial charge in [0.15, 0.2) is 0 Å². The standard InChI is InChI=1S/C7H11N2O3P/c1-12-6-4-2-3-5(8)7(6)13(9,10)11/h2-4H,8H2,1H3,(H3,9,10,11). The third kappa shape index (κ3) is 2.01. The third-order valence-electron chi connectivity index (χ3n) is 1.57. The van der Waals surface area contributed by atoms with Crippen LogP contribution in [0.15, 0.2) is 18.2 Å². The Morgan fingerprint density at radius 1 is 1.54 bits per heavy atom. The van der Waals surface area contributed by atoms with Crippen molar-refractivity contribution in [1.29, 1.82) is 0 Å². The fourth-order valence-corrected chi connectivity index (χ4v) is 1.97. The maximum absolute atomic E-state index is 11.2. The summed E-state index contributed by atoms with van der Waals surface area (Å²) in [6.45, 7) is 0. The number of hydrogen-bond donors (Lipinski definition) is 3. The molecule has 1 atom stereocenters. The van der Waals surface area contributed by atoms with E-state index in [1.807, 2.05) is 0 Å². The Balaban J connectivity index is 3.41. The van der Waals surface area contributed by atoms with Gasteiger partial charge in [0.1, 0.15) is 11.1 Å². The summed E-state index contributed by atoms with van der Waals surface area (Å²) in [5.74, 6) is 0.230. The molecule has 5 N–H and O–H groups in total. The highest BCUT2D eigenvalue weighted by molar-refractivity contribution is 7.64. The molecule has 0 bridgehead atoms. The van der Waals surface area contributed by atoms with Crippen molar-refractivity contribution in [2.24, 2.45) is 5.50 Å². The van der Waals surface area contributed by atoms with Crippen LogP contribution in [0, 0.1) is 0 Å². The first-order valence-corrected chi connectivity index (χ1v) is 5.24. The lowest BCUT2D eigenvalue weighted by Gasteiger charge is -2.12. The SMILES string of the molecule is COc1cccc(N)c1P(N)(=O)O. The zero-order chi connectivity index (χ0) is 10.1. The van der Waals surface area contributed by atoms with Crippen molar-refractivity contribution >= 4 is 18.5 Å². The second-order valence-corrected chi connectivity index (χ2v) is 4.21. The van der Waals surface area contributed by atoms with E-state index in [0.29, 0.717) is 0 Å². The molecule has 0 amide bonds. The molecule has 1 aromatic rings. The summed E-state index contributed by atoms with van der Waals surface area (Å²) in [5.41, 5.74) is 10.7. The van der Waals surface area contributed by atoms with Crippen LogP contribution in [-0.4, -0.2) is 12.0 Å². The minimum Gasteiger partial charge on any atom is -0.496 e. The van der Waals surface area contributed by atoms with Crippen molar-refractivity contribution in [3.05, 3.63) is 18.2 Å². The van der Waals surface area contributed by atoms with Crippen LogP contribution in [0.1, 0.15) is 0 Å². The first-order chi connectivity index (χ1) is 5.96. The van der Waals surface area contributed by atoms with Gasteiger partial charge in [-0.15, -0.1) is 0 Å². The summed E-state index contributed by atoms with van der Waals surface area (Å²) < 4.78 is 16.1. The van der Waals surface area contributed by atoms with Crippen LogP contribution in [0.25, 0.3) is 0 Å². The Morgan fingerprint density at radius 2 is 2.15 bits per heavy atom. The highest BCUT2D eigenvalue weighted by atomic mass is 31.2. The lowest BCUT2D eigenvalue weighted by Crippen LogP contribution is -2.17. The van der Waals surface area contributed by atoms with Gasteiger partial charge in [-0.25, -0.2) is 0 Å². The molecule has 6 heteroatoms. The average Bonchev–Trinajstić information content (AvgIpc) is 2.01. The molecule has 0 aliphatic heterocycles. The summed E-state index contributed by atoms with van der Waals surface area (Å²) in [4.78, 5) is 9.16. The summed E-state index contributed by atoms with van der Waals surface area (Å²) in [5, 5.41) is -0.0301. The van der Waals surface area contributed by atoms with Gasteiger partial charge in [-0.3, -0.25) is 10.1 Å². The summed E-state index contributed by atoms with van der Waals surface area (Å²) >= 11 is 0. The van der Waals surface area contributed by atoms with Crippen molar-refractivity contribution in [3.8, 4) is 5.75 Å². The molecule has 1 rings (SSSR count). The van der Waals surface area contributed by atoms with Crippen LogP contribution < -0.4 is 21.3 Å². The fraction of sp³-hybridized carbons (Fsp3) is 0.143. The molecule has 0 fully saturated rings. The molecule has 0 saturated heterocycles. The minimum atomic E-state index is -3.86. The number of ether oxygens (including phenoxy) is 1. The van der Waals surface area contributed by atoms with E-state index in [0.717, 1.165) is 0 Å². The van der Waals surface area contributed by atoms with E-state index in [-0.39, 0.29) is 16.7 Å². The Hall–Kier alpha value is -1.03. The monoisotopic (exact) mass is 202 g/mol. The van der Waals surface area contributed by atoms with Gasteiger partial charge in [0.2, 0.25) is 0 Å². The molecule has 0 saturated carbocycles. The molecule has 1 unspecified atom stereocenters. The number of methoxy groups -OCH3 is 1. The summed E-state index contributed by atoms with van der Waals surface area (Å²) in [7, 11) is -2.48. The zero-order valence-corrected chi connectivity index (χ0v) is 7.99. The van der Waals surface area contributed by atoms with E-state index >= 15 is 0 Å². The number of nitrogens with two attached hydrogens (primary N) is 2. The van der Waals surface area contributed by atoms with Gasteiger partial charge in [-0.05, 0) is 12.1 Å². The second kappa shape index (κ2) is 3.38. The third-order valence-corrected chi connectivity index (χ3v) is 2.69. The van der Waals surface area contributed by atoms with E-state index in [4.69, 9.17) is 20.9 Å². The molecule has 0 aromatic heterocycles. The molecule has 0 aliphatic carbocycles. The largest absolute Gasteiger partial charge is 0.496 e. The van der Waals surface area contributed by atoms with E-state index in [1.54, 1.807) is 6.07 Å². The lowest BCUT2D eigenvalue weighted by atomic mass is 10.3. The molecule has 72 valence electrons. The maximum Gasteiger partial charge on any atom is 0.300 e. The summed E-state index contributed by atoms with van der Waals surface area (Å²) in [6, 6.07) is 4.64. The van der Waals surface area contributed by atoms with Crippen molar-refractivity contribution < 1.29 is 14.2 Å². The van der Waals surface area contributed by atoms with E-state index in [2.05, 4.69) is 0 Å². The van der Waals surface area contributed by atoms with Gasteiger partial charge in [-0.2, -0.15) is 0 Å². The number of hydrogen-bond acceptors (Lipinski definition) is 3. The molecule has 0 spiro atoms. The topological polar surface area (TPSA) is 98.6 Å². The first-order valence-electron chi connectivity index (χ1n) is 3.51. The smallest absolute Gasteiger partial charge is 0.300 e. The zero-order valence-electron chi connectivity index (χ0n) is 7.10.